The largest absolute Gasteiger partial charge is 0.478 e. The Morgan fingerprint density at radius 3 is 2.90 bits per heavy atom. The van der Waals surface area contributed by atoms with Crippen molar-refractivity contribution in [3.63, 3.8) is 0 Å². The number of hydrogen-bond acceptors (Lipinski definition) is 5. The van der Waals surface area contributed by atoms with Crippen LogP contribution >= 0.6 is 0 Å². The lowest BCUT2D eigenvalue weighted by Gasteiger charge is -2.09. The third kappa shape index (κ3) is 3.02. The average molecular weight is 279 g/mol. The number of nitrogens with one attached hydrogen (secondary N) is 1. The fourth-order valence-corrected chi connectivity index (χ4v) is 1.72. The summed E-state index contributed by atoms with van der Waals surface area (Å²) in [5, 5.41) is 15.8. The number of nitrogens with zero attached hydrogens (tertiary/aromatic N) is 3. The van der Waals surface area contributed by atoms with Crippen molar-refractivity contribution in [1.29, 1.82) is 0 Å². The quantitative estimate of drug-likeness (QED) is 0.702. The fourth-order valence-electron chi connectivity index (χ4n) is 1.72. The molecule has 0 fully saturated rings. The zero-order valence-electron chi connectivity index (χ0n) is 10.8. The second-order valence-corrected chi connectivity index (χ2v) is 4.24. The van der Waals surface area contributed by atoms with Crippen molar-refractivity contribution in [2.45, 2.75) is 6.42 Å². The minimum absolute atomic E-state index is 0.0903. The number of nitrogens with two attached hydrogens (primary N) is 1. The average Bonchev–Trinajstić information content (AvgIpc) is 2.77. The predicted octanol–water partition coefficient (Wildman–Crippen LogP) is 0.889. The third-order valence-corrected chi connectivity index (χ3v) is 2.68. The maximum absolute atomic E-state index is 13.7. The summed E-state index contributed by atoms with van der Waals surface area (Å²) in [5.74, 6) is -1.17. The van der Waals surface area contributed by atoms with Crippen LogP contribution in [0, 0.1) is 5.82 Å². The molecule has 7 nitrogen and oxygen atoms in total. The first kappa shape index (κ1) is 13.8. The highest BCUT2D eigenvalue weighted by molar-refractivity contribution is 5.94. The van der Waals surface area contributed by atoms with Crippen LogP contribution in [0.5, 0.6) is 0 Å². The number of hydrogen-bond donors (Lipinski definition) is 3. The van der Waals surface area contributed by atoms with Gasteiger partial charge in [0, 0.05) is 25.7 Å². The topological polar surface area (TPSA) is 106 Å². The smallest absolute Gasteiger partial charge is 0.337 e. The van der Waals surface area contributed by atoms with E-state index >= 15 is 0 Å². The zero-order valence-corrected chi connectivity index (χ0v) is 10.8. The van der Waals surface area contributed by atoms with Gasteiger partial charge in [0.25, 0.3) is 0 Å². The van der Waals surface area contributed by atoms with Gasteiger partial charge in [0.05, 0.1) is 11.3 Å². The van der Waals surface area contributed by atoms with Crippen LogP contribution in [0.15, 0.2) is 18.5 Å². The number of carbonyl (C=O) groups is 1. The van der Waals surface area contributed by atoms with E-state index in [1.807, 2.05) is 0 Å². The molecule has 0 aliphatic carbocycles. The van der Waals surface area contributed by atoms with Crippen LogP contribution in [0.4, 0.5) is 15.8 Å². The van der Waals surface area contributed by atoms with Crippen LogP contribution in [0.2, 0.25) is 0 Å². The Bertz CT molecular complexity index is 641. The Labute approximate surface area is 114 Å². The molecule has 2 rings (SSSR count). The standard InChI is InChI=1S/C12H14FN5O2/c1-18-6-16-11(17-18)2-3-15-10-4-7(12(19)20)9(14)5-8(10)13/h4-6,15H,2-3,14H2,1H3,(H,19,20). The number of rotatable bonds is 5. The second kappa shape index (κ2) is 5.55. The van der Waals surface area contributed by atoms with Crippen molar-refractivity contribution in [1.82, 2.24) is 14.8 Å². The van der Waals surface area contributed by atoms with E-state index in [0.29, 0.717) is 18.8 Å². The molecular formula is C12H14FN5O2. The highest BCUT2D eigenvalue weighted by atomic mass is 19.1. The van der Waals surface area contributed by atoms with Gasteiger partial charge in [-0.2, -0.15) is 5.10 Å². The Morgan fingerprint density at radius 1 is 1.55 bits per heavy atom. The molecule has 20 heavy (non-hydrogen) atoms. The highest BCUT2D eigenvalue weighted by Crippen LogP contribution is 2.22. The van der Waals surface area contributed by atoms with Gasteiger partial charge in [0.15, 0.2) is 5.82 Å². The molecule has 0 atom stereocenters. The van der Waals surface area contributed by atoms with Gasteiger partial charge in [0.1, 0.15) is 12.1 Å². The van der Waals surface area contributed by atoms with Crippen LogP contribution in [-0.4, -0.2) is 32.4 Å². The molecule has 0 spiro atoms. The molecule has 0 saturated heterocycles. The zero-order chi connectivity index (χ0) is 14.7. The maximum Gasteiger partial charge on any atom is 0.337 e. The van der Waals surface area contributed by atoms with Crippen LogP contribution < -0.4 is 11.1 Å². The van der Waals surface area contributed by atoms with E-state index in [-0.39, 0.29) is 16.9 Å². The van der Waals surface area contributed by atoms with Crippen molar-refractivity contribution in [2.24, 2.45) is 7.05 Å². The molecule has 0 unspecified atom stereocenters. The second-order valence-electron chi connectivity index (χ2n) is 4.24. The van der Waals surface area contributed by atoms with Crippen molar-refractivity contribution >= 4 is 17.3 Å². The van der Waals surface area contributed by atoms with Crippen molar-refractivity contribution in [3.8, 4) is 0 Å². The molecule has 0 radical (unpaired) electrons. The van der Waals surface area contributed by atoms with E-state index in [9.17, 15) is 9.18 Å². The van der Waals surface area contributed by atoms with Gasteiger partial charge in [0.2, 0.25) is 0 Å². The van der Waals surface area contributed by atoms with Gasteiger partial charge in [-0.05, 0) is 12.1 Å². The first-order valence-corrected chi connectivity index (χ1v) is 5.88. The number of aryl methyl sites for hydroxylation is 1. The third-order valence-electron chi connectivity index (χ3n) is 2.68. The number of anilines is 2. The molecule has 0 bridgehead atoms. The summed E-state index contributed by atoms with van der Waals surface area (Å²) in [5.41, 5.74) is 5.29. The summed E-state index contributed by atoms with van der Waals surface area (Å²) >= 11 is 0. The number of nitrogen functional groups attached to an aromatic ring is 1. The SMILES string of the molecule is Cn1cnc(CCNc2cc(C(=O)O)c(N)cc2F)n1. The number of benzene rings is 1. The monoisotopic (exact) mass is 279 g/mol. The number of carboxylic acid groups (broad SMARTS) is 1. The Morgan fingerprint density at radius 2 is 2.30 bits per heavy atom. The predicted molar refractivity (Wildman–Crippen MR) is 71.0 cm³/mol. The van der Waals surface area contributed by atoms with E-state index in [4.69, 9.17) is 10.8 Å². The van der Waals surface area contributed by atoms with Gasteiger partial charge in [-0.1, -0.05) is 0 Å². The molecule has 0 aliphatic heterocycles. The molecule has 4 N–H and O–H groups in total. The summed E-state index contributed by atoms with van der Waals surface area (Å²) in [4.78, 5) is 15.0. The lowest BCUT2D eigenvalue weighted by Crippen LogP contribution is -2.10. The Balaban J connectivity index is 2.05. The van der Waals surface area contributed by atoms with Gasteiger partial charge in [-0.25, -0.2) is 14.2 Å². The van der Waals surface area contributed by atoms with Crippen molar-refractivity contribution in [3.05, 3.63) is 35.7 Å². The summed E-state index contributed by atoms with van der Waals surface area (Å²) in [7, 11) is 1.75. The summed E-state index contributed by atoms with van der Waals surface area (Å²) in [6.45, 7) is 0.379. The molecule has 0 aliphatic rings. The van der Waals surface area contributed by atoms with Crippen LogP contribution in [-0.2, 0) is 13.5 Å². The van der Waals surface area contributed by atoms with Crippen LogP contribution in [0.3, 0.4) is 0 Å². The summed E-state index contributed by atoms with van der Waals surface area (Å²) < 4.78 is 15.2. The van der Waals surface area contributed by atoms with E-state index < -0.39 is 11.8 Å². The van der Waals surface area contributed by atoms with Gasteiger partial charge in [-0.3, -0.25) is 4.68 Å². The molecular weight excluding hydrogens is 265 g/mol. The van der Waals surface area contributed by atoms with Crippen molar-refractivity contribution < 1.29 is 14.3 Å². The lowest BCUT2D eigenvalue weighted by molar-refractivity contribution is 0.0698. The molecule has 1 heterocycles. The Hall–Kier alpha value is -2.64. The number of aromatic nitrogens is 3. The minimum Gasteiger partial charge on any atom is -0.478 e. The van der Waals surface area contributed by atoms with Crippen LogP contribution in [0.1, 0.15) is 16.2 Å². The van der Waals surface area contributed by atoms with Gasteiger partial charge in [-0.15, -0.1) is 0 Å². The van der Waals surface area contributed by atoms with E-state index in [2.05, 4.69) is 15.4 Å². The van der Waals surface area contributed by atoms with E-state index in [0.717, 1.165) is 6.07 Å². The molecule has 1 aromatic heterocycles. The molecule has 106 valence electrons. The fraction of sp³-hybridized carbons (Fsp3) is 0.250. The summed E-state index contributed by atoms with van der Waals surface area (Å²) in [6.07, 6.45) is 2.06. The minimum atomic E-state index is -1.20. The highest BCUT2D eigenvalue weighted by Gasteiger charge is 2.13. The maximum atomic E-state index is 13.7. The number of aromatic carboxylic acids is 1. The first-order chi connectivity index (χ1) is 9.47. The first-order valence-electron chi connectivity index (χ1n) is 5.88. The number of carboxylic acids is 1. The Kier molecular flexibility index (Phi) is 3.83. The molecule has 8 heteroatoms. The lowest BCUT2D eigenvalue weighted by atomic mass is 10.1. The van der Waals surface area contributed by atoms with Crippen molar-refractivity contribution in [2.75, 3.05) is 17.6 Å². The van der Waals surface area contributed by atoms with E-state index in [1.165, 1.54) is 6.07 Å². The molecule has 2 aromatic rings. The molecule has 0 saturated carbocycles. The molecule has 0 amide bonds. The van der Waals surface area contributed by atoms with Gasteiger partial charge >= 0.3 is 5.97 Å². The molecule has 1 aromatic carbocycles. The van der Waals surface area contributed by atoms with Crippen LogP contribution in [0.25, 0.3) is 0 Å². The normalized spacial score (nSPS) is 10.5. The summed E-state index contributed by atoms with van der Waals surface area (Å²) in [6, 6.07) is 2.17. The number of halogens is 1. The van der Waals surface area contributed by atoms with Gasteiger partial charge < -0.3 is 16.2 Å². The van der Waals surface area contributed by atoms with E-state index in [1.54, 1.807) is 18.1 Å².